The van der Waals surface area contributed by atoms with E-state index in [1.54, 1.807) is 6.33 Å². The highest BCUT2D eigenvalue weighted by Crippen LogP contribution is 2.25. The maximum Gasteiger partial charge on any atom is 0.137 e. The second-order valence-electron chi connectivity index (χ2n) is 4.59. The molecule has 0 saturated carbocycles. The van der Waals surface area contributed by atoms with Gasteiger partial charge in [-0.2, -0.15) is 0 Å². The van der Waals surface area contributed by atoms with E-state index in [1.165, 1.54) is 0 Å². The quantitative estimate of drug-likeness (QED) is 0.883. The molecule has 1 N–H and O–H groups in total. The van der Waals surface area contributed by atoms with Crippen LogP contribution in [0.1, 0.15) is 25.3 Å². The van der Waals surface area contributed by atoms with Crippen LogP contribution in [0.25, 0.3) is 0 Å². The van der Waals surface area contributed by atoms with Gasteiger partial charge in [-0.05, 0) is 26.7 Å². The lowest BCUT2D eigenvalue weighted by atomic mass is 10.1. The van der Waals surface area contributed by atoms with E-state index in [-0.39, 0.29) is 0 Å². The van der Waals surface area contributed by atoms with Gasteiger partial charge in [0, 0.05) is 32.3 Å². The number of nitrogens with zero attached hydrogens (tertiary/aromatic N) is 3. The summed E-state index contributed by atoms with van der Waals surface area (Å²) in [6.07, 6.45) is 4.26. The molecule has 0 aromatic carbocycles. The monoisotopic (exact) mass is 250 g/mol. The molecule has 100 valence electrons. The van der Waals surface area contributed by atoms with Crippen LogP contribution in [0.5, 0.6) is 0 Å². The summed E-state index contributed by atoms with van der Waals surface area (Å²) in [6, 6.07) is 0. The Morgan fingerprint density at radius 2 is 2.33 bits per heavy atom. The summed E-state index contributed by atoms with van der Waals surface area (Å²) in [7, 11) is 1.89. The molecular weight excluding hydrogens is 228 g/mol. The molecule has 1 aromatic rings. The minimum atomic E-state index is 0.330. The van der Waals surface area contributed by atoms with Crippen LogP contribution >= 0.6 is 0 Å². The van der Waals surface area contributed by atoms with Gasteiger partial charge in [-0.1, -0.05) is 0 Å². The molecule has 1 aliphatic rings. The summed E-state index contributed by atoms with van der Waals surface area (Å²) in [5.74, 6) is 1.93. The van der Waals surface area contributed by atoms with E-state index in [0.29, 0.717) is 6.10 Å². The number of hydrogen-bond acceptors (Lipinski definition) is 5. The van der Waals surface area contributed by atoms with Gasteiger partial charge in [0.2, 0.25) is 0 Å². The predicted molar refractivity (Wildman–Crippen MR) is 73.2 cm³/mol. The van der Waals surface area contributed by atoms with Crippen LogP contribution in [-0.2, 0) is 4.74 Å². The zero-order valence-electron chi connectivity index (χ0n) is 11.4. The smallest absolute Gasteiger partial charge is 0.137 e. The first-order valence-electron chi connectivity index (χ1n) is 6.62. The lowest BCUT2D eigenvalue weighted by molar-refractivity contribution is 0.0525. The van der Waals surface area contributed by atoms with Crippen molar-refractivity contribution in [3.05, 3.63) is 11.9 Å². The van der Waals surface area contributed by atoms with Crippen molar-refractivity contribution in [1.82, 2.24) is 9.97 Å². The average Bonchev–Trinajstić information content (AvgIpc) is 2.40. The zero-order chi connectivity index (χ0) is 13.0. The highest BCUT2D eigenvalue weighted by molar-refractivity contribution is 5.57. The van der Waals surface area contributed by atoms with Crippen molar-refractivity contribution >= 4 is 11.6 Å². The fourth-order valence-electron chi connectivity index (χ4n) is 2.51. The Kier molecular flexibility index (Phi) is 4.36. The maximum absolute atomic E-state index is 5.73. The minimum absolute atomic E-state index is 0.330. The fraction of sp³-hybridized carbons (Fsp3) is 0.692. The third-order valence-electron chi connectivity index (χ3n) is 3.37. The van der Waals surface area contributed by atoms with Crippen molar-refractivity contribution in [2.45, 2.75) is 32.8 Å². The number of rotatable bonds is 4. The highest BCUT2D eigenvalue weighted by atomic mass is 16.5. The Morgan fingerprint density at radius 3 is 3.06 bits per heavy atom. The first kappa shape index (κ1) is 13.1. The van der Waals surface area contributed by atoms with Crippen LogP contribution in [0.3, 0.4) is 0 Å². The summed E-state index contributed by atoms with van der Waals surface area (Å²) in [4.78, 5) is 11.0. The van der Waals surface area contributed by atoms with Crippen molar-refractivity contribution in [1.29, 1.82) is 0 Å². The van der Waals surface area contributed by atoms with Gasteiger partial charge in [0.05, 0.1) is 6.10 Å². The van der Waals surface area contributed by atoms with Gasteiger partial charge in [-0.15, -0.1) is 0 Å². The summed E-state index contributed by atoms with van der Waals surface area (Å²) in [5.41, 5.74) is 1.11. The van der Waals surface area contributed by atoms with E-state index in [2.05, 4.69) is 27.1 Å². The molecule has 2 heterocycles. The zero-order valence-corrected chi connectivity index (χ0v) is 11.4. The molecular formula is C13H22N4O. The number of anilines is 2. The second-order valence-corrected chi connectivity index (χ2v) is 4.59. The Labute approximate surface area is 109 Å². The molecule has 0 amide bonds. The number of piperidine rings is 1. The summed E-state index contributed by atoms with van der Waals surface area (Å²) < 4.78 is 5.73. The molecule has 5 nitrogen and oxygen atoms in total. The first-order chi connectivity index (χ1) is 8.76. The van der Waals surface area contributed by atoms with Gasteiger partial charge >= 0.3 is 0 Å². The highest BCUT2D eigenvalue weighted by Gasteiger charge is 2.22. The normalized spacial score (nSPS) is 19.9. The topological polar surface area (TPSA) is 50.3 Å². The molecule has 1 saturated heterocycles. The third-order valence-corrected chi connectivity index (χ3v) is 3.37. The lowest BCUT2D eigenvalue weighted by Crippen LogP contribution is -2.40. The molecule has 0 bridgehead atoms. The Balaban J connectivity index is 2.15. The molecule has 1 unspecified atom stereocenters. The largest absolute Gasteiger partial charge is 0.377 e. The maximum atomic E-state index is 5.73. The lowest BCUT2D eigenvalue weighted by Gasteiger charge is -2.34. The van der Waals surface area contributed by atoms with Crippen molar-refractivity contribution in [3.63, 3.8) is 0 Å². The van der Waals surface area contributed by atoms with E-state index >= 15 is 0 Å². The molecule has 0 aliphatic carbocycles. The Hall–Kier alpha value is -1.36. The van der Waals surface area contributed by atoms with E-state index in [1.807, 2.05) is 14.0 Å². The van der Waals surface area contributed by atoms with Crippen LogP contribution in [0, 0.1) is 6.92 Å². The molecule has 18 heavy (non-hydrogen) atoms. The molecule has 0 spiro atoms. The van der Waals surface area contributed by atoms with E-state index < -0.39 is 0 Å². The van der Waals surface area contributed by atoms with Gasteiger partial charge in [0.25, 0.3) is 0 Å². The van der Waals surface area contributed by atoms with Gasteiger partial charge in [-0.25, -0.2) is 9.97 Å². The van der Waals surface area contributed by atoms with E-state index in [9.17, 15) is 0 Å². The van der Waals surface area contributed by atoms with Crippen molar-refractivity contribution in [2.24, 2.45) is 0 Å². The van der Waals surface area contributed by atoms with E-state index in [4.69, 9.17) is 4.74 Å². The van der Waals surface area contributed by atoms with Crippen LogP contribution in [0.4, 0.5) is 11.6 Å². The van der Waals surface area contributed by atoms with Crippen LogP contribution < -0.4 is 10.2 Å². The van der Waals surface area contributed by atoms with Crippen molar-refractivity contribution < 1.29 is 4.74 Å². The Bertz CT molecular complexity index is 395. The third kappa shape index (κ3) is 2.72. The van der Waals surface area contributed by atoms with Gasteiger partial charge < -0.3 is 15.0 Å². The molecule has 0 radical (unpaired) electrons. The van der Waals surface area contributed by atoms with Crippen molar-refractivity contribution in [3.8, 4) is 0 Å². The van der Waals surface area contributed by atoms with Gasteiger partial charge in [0.15, 0.2) is 0 Å². The fourth-order valence-corrected chi connectivity index (χ4v) is 2.51. The number of aromatic nitrogens is 2. The van der Waals surface area contributed by atoms with Crippen molar-refractivity contribution in [2.75, 3.05) is 37.0 Å². The molecule has 1 fully saturated rings. The van der Waals surface area contributed by atoms with Crippen LogP contribution in [0.2, 0.25) is 0 Å². The summed E-state index contributed by atoms with van der Waals surface area (Å²) >= 11 is 0. The number of ether oxygens (including phenoxy) is 1. The van der Waals surface area contributed by atoms with Gasteiger partial charge in [0.1, 0.15) is 18.0 Å². The molecule has 2 rings (SSSR count). The average molecular weight is 250 g/mol. The summed E-state index contributed by atoms with van der Waals surface area (Å²) in [6.45, 7) is 6.86. The molecule has 5 heteroatoms. The summed E-state index contributed by atoms with van der Waals surface area (Å²) in [5, 5.41) is 3.10. The van der Waals surface area contributed by atoms with Gasteiger partial charge in [-0.3, -0.25) is 0 Å². The Morgan fingerprint density at radius 1 is 1.50 bits per heavy atom. The molecule has 1 atom stereocenters. The van der Waals surface area contributed by atoms with E-state index in [0.717, 1.165) is 49.7 Å². The molecule has 1 aliphatic heterocycles. The molecule has 1 aromatic heterocycles. The number of nitrogens with one attached hydrogen (secondary N) is 1. The van der Waals surface area contributed by atoms with Crippen LogP contribution in [-0.4, -0.2) is 42.8 Å². The van der Waals surface area contributed by atoms with Crippen LogP contribution in [0.15, 0.2) is 6.33 Å². The predicted octanol–water partition coefficient (Wildman–Crippen LogP) is 1.83. The standard InChI is InChI=1S/C13H22N4O/c1-4-18-11-6-5-7-17(8-11)13-10(2)12(14-3)15-9-16-13/h9,11H,4-8H2,1-3H3,(H,14,15,16). The SMILES string of the molecule is CCOC1CCCN(c2ncnc(NC)c2C)C1. The first-order valence-corrected chi connectivity index (χ1v) is 6.62. The minimum Gasteiger partial charge on any atom is -0.377 e. The number of hydrogen-bond donors (Lipinski definition) is 1. The second kappa shape index (κ2) is 6.00.